The molecule has 0 heterocycles. The highest BCUT2D eigenvalue weighted by molar-refractivity contribution is 5.77. The third-order valence-corrected chi connectivity index (χ3v) is 3.78. The second-order valence-electron chi connectivity index (χ2n) is 6.06. The maximum Gasteiger partial charge on any atom is 0.292 e. The molecule has 138 valence electrons. The lowest BCUT2D eigenvalue weighted by atomic mass is 10.0. The zero-order chi connectivity index (χ0) is 18.9. The van der Waals surface area contributed by atoms with E-state index in [2.05, 4.69) is 24.5 Å². The summed E-state index contributed by atoms with van der Waals surface area (Å²) in [6.45, 7) is 4.86. The van der Waals surface area contributed by atoms with E-state index in [1.165, 1.54) is 11.6 Å². The molecular formula is C19H23N3O4. The van der Waals surface area contributed by atoms with Gasteiger partial charge in [0, 0.05) is 19.2 Å². The molecule has 0 spiro atoms. The topological polar surface area (TPSA) is 93.5 Å². The van der Waals surface area contributed by atoms with Crippen molar-refractivity contribution in [1.29, 1.82) is 0 Å². The maximum absolute atomic E-state index is 11.8. The number of nitrogens with one attached hydrogen (secondary N) is 2. The van der Waals surface area contributed by atoms with Gasteiger partial charge in [-0.3, -0.25) is 14.9 Å². The van der Waals surface area contributed by atoms with Gasteiger partial charge in [-0.15, -0.1) is 0 Å². The number of carbonyl (C=O) groups is 1. The van der Waals surface area contributed by atoms with Crippen molar-refractivity contribution >= 4 is 17.3 Å². The largest absolute Gasteiger partial charge is 0.484 e. The van der Waals surface area contributed by atoms with Crippen LogP contribution in [0, 0.1) is 10.1 Å². The van der Waals surface area contributed by atoms with Crippen LogP contribution in [0.4, 0.5) is 11.4 Å². The number of anilines is 1. The van der Waals surface area contributed by atoms with Gasteiger partial charge in [-0.25, -0.2) is 0 Å². The van der Waals surface area contributed by atoms with Crippen molar-refractivity contribution in [3.05, 3.63) is 64.2 Å². The standard InChI is InChI=1S/C19H23N3O4/c1-14(2)15-7-9-16(10-8-15)26-13-19(23)21-12-11-20-17-5-3-4-6-18(17)22(24)25/h3-10,14,20H,11-13H2,1-2H3,(H,21,23). The Morgan fingerprint density at radius 3 is 2.46 bits per heavy atom. The predicted octanol–water partition coefficient (Wildman–Crippen LogP) is 3.33. The van der Waals surface area contributed by atoms with Crippen molar-refractivity contribution in [2.45, 2.75) is 19.8 Å². The van der Waals surface area contributed by atoms with Crippen LogP contribution < -0.4 is 15.4 Å². The summed E-state index contributed by atoms with van der Waals surface area (Å²) in [5, 5.41) is 16.6. The number of hydrogen-bond donors (Lipinski definition) is 2. The van der Waals surface area contributed by atoms with E-state index in [-0.39, 0.29) is 18.2 Å². The van der Waals surface area contributed by atoms with Gasteiger partial charge in [0.15, 0.2) is 6.61 Å². The summed E-state index contributed by atoms with van der Waals surface area (Å²) in [7, 11) is 0. The lowest BCUT2D eigenvalue weighted by Gasteiger charge is -2.10. The van der Waals surface area contributed by atoms with Crippen molar-refractivity contribution < 1.29 is 14.5 Å². The normalized spacial score (nSPS) is 10.4. The summed E-state index contributed by atoms with van der Waals surface area (Å²) < 4.78 is 5.45. The van der Waals surface area contributed by atoms with Gasteiger partial charge in [-0.2, -0.15) is 0 Å². The van der Waals surface area contributed by atoms with Crippen LogP contribution in [0.1, 0.15) is 25.3 Å². The second kappa shape index (κ2) is 9.41. The summed E-state index contributed by atoms with van der Waals surface area (Å²) >= 11 is 0. The lowest BCUT2D eigenvalue weighted by Crippen LogP contribution is -2.32. The van der Waals surface area contributed by atoms with Gasteiger partial charge < -0.3 is 15.4 Å². The Bertz CT molecular complexity index is 745. The van der Waals surface area contributed by atoms with E-state index in [0.717, 1.165) is 0 Å². The molecule has 2 aromatic carbocycles. The molecule has 0 aliphatic carbocycles. The number of amides is 1. The van der Waals surface area contributed by atoms with Crippen LogP contribution in [0.5, 0.6) is 5.75 Å². The first-order valence-corrected chi connectivity index (χ1v) is 8.44. The van der Waals surface area contributed by atoms with Crippen LogP contribution in [0.3, 0.4) is 0 Å². The fraction of sp³-hybridized carbons (Fsp3) is 0.316. The monoisotopic (exact) mass is 357 g/mol. The summed E-state index contributed by atoms with van der Waals surface area (Å²) in [5.74, 6) is 0.838. The number of carbonyl (C=O) groups excluding carboxylic acids is 1. The first-order valence-electron chi connectivity index (χ1n) is 8.44. The number of nitro groups is 1. The number of rotatable bonds is 9. The Morgan fingerprint density at radius 2 is 1.81 bits per heavy atom. The average Bonchev–Trinajstić information content (AvgIpc) is 2.64. The third-order valence-electron chi connectivity index (χ3n) is 3.78. The van der Waals surface area contributed by atoms with Gasteiger partial charge in [0.25, 0.3) is 11.6 Å². The van der Waals surface area contributed by atoms with Crippen molar-refractivity contribution in [2.75, 3.05) is 25.0 Å². The van der Waals surface area contributed by atoms with Crippen LogP contribution in [-0.2, 0) is 4.79 Å². The SMILES string of the molecule is CC(C)c1ccc(OCC(=O)NCCNc2ccccc2[N+](=O)[O-])cc1. The minimum absolute atomic E-state index is 0.00649. The fourth-order valence-corrected chi connectivity index (χ4v) is 2.33. The van der Waals surface area contributed by atoms with Gasteiger partial charge in [0.05, 0.1) is 4.92 Å². The van der Waals surface area contributed by atoms with E-state index in [0.29, 0.717) is 30.4 Å². The summed E-state index contributed by atoms with van der Waals surface area (Å²) in [6, 6.07) is 14.0. The summed E-state index contributed by atoms with van der Waals surface area (Å²) in [6.07, 6.45) is 0. The number of nitro benzene ring substituents is 1. The molecule has 0 aromatic heterocycles. The number of para-hydroxylation sites is 2. The molecule has 1 amide bonds. The Balaban J connectivity index is 1.70. The minimum atomic E-state index is -0.445. The smallest absolute Gasteiger partial charge is 0.292 e. The number of nitrogens with zero attached hydrogens (tertiary/aromatic N) is 1. The molecule has 2 N–H and O–H groups in total. The zero-order valence-electron chi connectivity index (χ0n) is 14.9. The molecule has 0 aliphatic heterocycles. The molecule has 7 nitrogen and oxygen atoms in total. The minimum Gasteiger partial charge on any atom is -0.484 e. The van der Waals surface area contributed by atoms with Crippen LogP contribution >= 0.6 is 0 Å². The van der Waals surface area contributed by atoms with E-state index < -0.39 is 4.92 Å². The van der Waals surface area contributed by atoms with E-state index >= 15 is 0 Å². The fourth-order valence-electron chi connectivity index (χ4n) is 2.33. The molecule has 0 radical (unpaired) electrons. The number of hydrogen-bond acceptors (Lipinski definition) is 5. The molecule has 0 unspecified atom stereocenters. The third kappa shape index (κ3) is 5.77. The highest BCUT2D eigenvalue weighted by atomic mass is 16.6. The van der Waals surface area contributed by atoms with Crippen LogP contribution in [0.2, 0.25) is 0 Å². The molecule has 0 saturated heterocycles. The predicted molar refractivity (Wildman–Crippen MR) is 101 cm³/mol. The molecule has 2 aromatic rings. The van der Waals surface area contributed by atoms with Gasteiger partial charge in [-0.1, -0.05) is 38.1 Å². The molecular weight excluding hydrogens is 334 g/mol. The van der Waals surface area contributed by atoms with Gasteiger partial charge in [0.1, 0.15) is 11.4 Å². The van der Waals surface area contributed by atoms with E-state index in [4.69, 9.17) is 4.74 Å². The summed E-state index contributed by atoms with van der Waals surface area (Å²) in [4.78, 5) is 22.3. The molecule has 2 rings (SSSR count). The highest BCUT2D eigenvalue weighted by Gasteiger charge is 2.11. The van der Waals surface area contributed by atoms with Gasteiger partial charge in [-0.05, 0) is 29.7 Å². The van der Waals surface area contributed by atoms with Crippen molar-refractivity contribution in [2.24, 2.45) is 0 Å². The van der Waals surface area contributed by atoms with E-state index in [1.54, 1.807) is 18.2 Å². The average molecular weight is 357 g/mol. The van der Waals surface area contributed by atoms with Crippen LogP contribution in [-0.4, -0.2) is 30.5 Å². The zero-order valence-corrected chi connectivity index (χ0v) is 14.9. The summed E-state index contributed by atoms with van der Waals surface area (Å²) in [5.41, 5.74) is 1.64. The molecule has 0 bridgehead atoms. The Hall–Kier alpha value is -3.09. The van der Waals surface area contributed by atoms with Crippen molar-refractivity contribution in [1.82, 2.24) is 5.32 Å². The van der Waals surface area contributed by atoms with Crippen molar-refractivity contribution in [3.8, 4) is 5.75 Å². The van der Waals surface area contributed by atoms with E-state index in [9.17, 15) is 14.9 Å². The molecule has 0 atom stereocenters. The number of ether oxygens (including phenoxy) is 1. The molecule has 0 saturated carbocycles. The van der Waals surface area contributed by atoms with Crippen LogP contribution in [0.25, 0.3) is 0 Å². The maximum atomic E-state index is 11.8. The quantitative estimate of drug-likeness (QED) is 0.408. The highest BCUT2D eigenvalue weighted by Crippen LogP contribution is 2.22. The Kier molecular flexibility index (Phi) is 6.96. The molecule has 0 aliphatic rings. The van der Waals surface area contributed by atoms with Crippen LogP contribution in [0.15, 0.2) is 48.5 Å². The Labute approximate surface area is 152 Å². The molecule has 0 fully saturated rings. The molecule has 26 heavy (non-hydrogen) atoms. The van der Waals surface area contributed by atoms with Gasteiger partial charge in [0.2, 0.25) is 0 Å². The second-order valence-corrected chi connectivity index (χ2v) is 6.06. The first-order chi connectivity index (χ1) is 12.5. The molecule has 7 heteroatoms. The first kappa shape index (κ1) is 19.2. The Morgan fingerprint density at radius 1 is 1.12 bits per heavy atom. The lowest BCUT2D eigenvalue weighted by molar-refractivity contribution is -0.384. The van der Waals surface area contributed by atoms with Gasteiger partial charge >= 0.3 is 0 Å². The van der Waals surface area contributed by atoms with E-state index in [1.807, 2.05) is 24.3 Å². The van der Waals surface area contributed by atoms with Crippen molar-refractivity contribution in [3.63, 3.8) is 0 Å². The number of benzene rings is 2.